The van der Waals surface area contributed by atoms with Gasteiger partial charge in [0.2, 0.25) is 0 Å². The summed E-state index contributed by atoms with van der Waals surface area (Å²) >= 11 is 0. The number of ketones is 1. The summed E-state index contributed by atoms with van der Waals surface area (Å²) in [4.78, 5) is 25.1. The lowest BCUT2D eigenvalue weighted by Gasteiger charge is -2.37. The molecule has 1 aliphatic heterocycles. The van der Waals surface area contributed by atoms with Gasteiger partial charge in [-0.15, -0.1) is 0 Å². The van der Waals surface area contributed by atoms with Gasteiger partial charge in [0.25, 0.3) is 0 Å². The van der Waals surface area contributed by atoms with Gasteiger partial charge in [0, 0.05) is 19.5 Å². The van der Waals surface area contributed by atoms with Crippen molar-refractivity contribution in [1.82, 2.24) is 4.90 Å². The minimum Gasteiger partial charge on any atom is -0.444 e. The Morgan fingerprint density at radius 2 is 2.11 bits per heavy atom. The van der Waals surface area contributed by atoms with E-state index in [1.807, 2.05) is 20.8 Å². The first-order valence-electron chi connectivity index (χ1n) is 6.56. The van der Waals surface area contributed by atoms with Crippen molar-refractivity contribution in [2.24, 2.45) is 5.92 Å². The van der Waals surface area contributed by atoms with Gasteiger partial charge in [0.05, 0.1) is 0 Å². The number of hydrogen-bond donors (Lipinski definition) is 0. The third-order valence-electron chi connectivity index (χ3n) is 3.37. The standard InChI is InChI=1S/C14H21NO3/c1-14(2,3)18-13(17)15-7-6-10-8-12(16)5-4-11(10)9-15/h8,11H,4-7,9H2,1-3H3. The Kier molecular flexibility index (Phi) is 3.46. The molecule has 1 saturated heterocycles. The number of nitrogens with zero attached hydrogens (tertiary/aromatic N) is 1. The molecule has 2 rings (SSSR count). The van der Waals surface area contributed by atoms with Crippen molar-refractivity contribution in [1.29, 1.82) is 0 Å². The molecular weight excluding hydrogens is 230 g/mol. The monoisotopic (exact) mass is 251 g/mol. The van der Waals surface area contributed by atoms with E-state index in [-0.39, 0.29) is 11.9 Å². The van der Waals surface area contributed by atoms with Gasteiger partial charge in [-0.25, -0.2) is 4.79 Å². The van der Waals surface area contributed by atoms with Crippen molar-refractivity contribution >= 4 is 11.9 Å². The van der Waals surface area contributed by atoms with Crippen LogP contribution in [-0.4, -0.2) is 35.5 Å². The molecule has 0 aromatic heterocycles. The SMILES string of the molecule is CC(C)(C)OC(=O)N1CCC2=CC(=O)CCC2C1. The number of allylic oxidation sites excluding steroid dienone is 1. The molecule has 1 atom stereocenters. The van der Waals surface area contributed by atoms with Crippen LogP contribution in [0.1, 0.15) is 40.0 Å². The van der Waals surface area contributed by atoms with Crippen LogP contribution in [0.15, 0.2) is 11.6 Å². The van der Waals surface area contributed by atoms with Crippen molar-refractivity contribution in [2.45, 2.75) is 45.6 Å². The lowest BCUT2D eigenvalue weighted by atomic mass is 9.82. The third-order valence-corrected chi connectivity index (χ3v) is 3.37. The average Bonchev–Trinajstić information content (AvgIpc) is 2.26. The Balaban J connectivity index is 1.98. The Morgan fingerprint density at radius 3 is 2.78 bits per heavy atom. The van der Waals surface area contributed by atoms with Crippen LogP contribution < -0.4 is 0 Å². The van der Waals surface area contributed by atoms with Crippen LogP contribution in [-0.2, 0) is 9.53 Å². The zero-order valence-electron chi connectivity index (χ0n) is 11.4. The number of ether oxygens (including phenoxy) is 1. The molecule has 4 nitrogen and oxygen atoms in total. The van der Waals surface area contributed by atoms with Gasteiger partial charge in [-0.3, -0.25) is 4.79 Å². The highest BCUT2D eigenvalue weighted by molar-refractivity contribution is 5.91. The third kappa shape index (κ3) is 3.12. The smallest absolute Gasteiger partial charge is 0.410 e. The highest BCUT2D eigenvalue weighted by Crippen LogP contribution is 2.31. The number of amides is 1. The van der Waals surface area contributed by atoms with Gasteiger partial charge in [-0.2, -0.15) is 0 Å². The summed E-state index contributed by atoms with van der Waals surface area (Å²) in [5, 5.41) is 0. The van der Waals surface area contributed by atoms with E-state index in [0.29, 0.717) is 25.4 Å². The van der Waals surface area contributed by atoms with Crippen LogP contribution in [0.3, 0.4) is 0 Å². The lowest BCUT2D eigenvalue weighted by Crippen LogP contribution is -2.44. The molecule has 1 aliphatic carbocycles. The fourth-order valence-electron chi connectivity index (χ4n) is 2.50. The first-order chi connectivity index (χ1) is 8.35. The molecule has 1 fully saturated rings. The average molecular weight is 251 g/mol. The molecule has 0 aromatic rings. The molecule has 0 spiro atoms. The Labute approximate surface area is 108 Å². The predicted octanol–water partition coefficient (Wildman–Crippen LogP) is 2.53. The van der Waals surface area contributed by atoms with E-state index in [1.54, 1.807) is 11.0 Å². The molecule has 0 aromatic carbocycles. The van der Waals surface area contributed by atoms with Crippen molar-refractivity contribution in [2.75, 3.05) is 13.1 Å². The summed E-state index contributed by atoms with van der Waals surface area (Å²) in [6, 6.07) is 0. The van der Waals surface area contributed by atoms with Crippen molar-refractivity contribution in [3.8, 4) is 0 Å². The quantitative estimate of drug-likeness (QED) is 0.664. The van der Waals surface area contributed by atoms with Gasteiger partial charge in [0.1, 0.15) is 5.60 Å². The number of hydrogen-bond acceptors (Lipinski definition) is 3. The lowest BCUT2D eigenvalue weighted by molar-refractivity contribution is -0.115. The largest absolute Gasteiger partial charge is 0.444 e. The van der Waals surface area contributed by atoms with Gasteiger partial charge >= 0.3 is 6.09 Å². The summed E-state index contributed by atoms with van der Waals surface area (Å²) in [5.74, 6) is 0.580. The fourth-order valence-corrected chi connectivity index (χ4v) is 2.50. The van der Waals surface area contributed by atoms with Gasteiger partial charge in [-0.1, -0.05) is 5.57 Å². The second-order valence-electron chi connectivity index (χ2n) is 6.10. The molecular formula is C14H21NO3. The van der Waals surface area contributed by atoms with E-state index >= 15 is 0 Å². The molecule has 2 aliphatic rings. The predicted molar refractivity (Wildman–Crippen MR) is 68.2 cm³/mol. The van der Waals surface area contributed by atoms with E-state index in [2.05, 4.69) is 0 Å². The fraction of sp³-hybridized carbons (Fsp3) is 0.714. The van der Waals surface area contributed by atoms with Crippen molar-refractivity contribution in [3.05, 3.63) is 11.6 Å². The minimum absolute atomic E-state index is 0.229. The molecule has 0 bridgehead atoms. The number of carbonyl (C=O) groups is 2. The second kappa shape index (κ2) is 4.75. The number of likely N-dealkylation sites (tertiary alicyclic amines) is 1. The first-order valence-corrected chi connectivity index (χ1v) is 6.56. The molecule has 1 heterocycles. The topological polar surface area (TPSA) is 46.6 Å². The maximum absolute atomic E-state index is 12.0. The molecule has 1 amide bonds. The Bertz CT molecular complexity index is 392. The number of fused-ring (bicyclic) bond motifs is 1. The van der Waals surface area contributed by atoms with Crippen LogP contribution in [0.2, 0.25) is 0 Å². The second-order valence-corrected chi connectivity index (χ2v) is 6.10. The van der Waals surface area contributed by atoms with Crippen LogP contribution in [0.25, 0.3) is 0 Å². The molecule has 100 valence electrons. The molecule has 1 unspecified atom stereocenters. The zero-order chi connectivity index (χ0) is 13.3. The Hall–Kier alpha value is -1.32. The van der Waals surface area contributed by atoms with E-state index in [1.165, 1.54) is 5.57 Å². The Morgan fingerprint density at radius 1 is 1.39 bits per heavy atom. The zero-order valence-corrected chi connectivity index (χ0v) is 11.4. The van der Waals surface area contributed by atoms with Crippen LogP contribution >= 0.6 is 0 Å². The summed E-state index contributed by atoms with van der Waals surface area (Å²) in [6.45, 7) is 6.97. The number of rotatable bonds is 0. The summed E-state index contributed by atoms with van der Waals surface area (Å²) < 4.78 is 5.38. The van der Waals surface area contributed by atoms with E-state index in [9.17, 15) is 9.59 Å². The highest BCUT2D eigenvalue weighted by Gasteiger charge is 2.32. The van der Waals surface area contributed by atoms with Gasteiger partial charge < -0.3 is 9.64 Å². The van der Waals surface area contributed by atoms with Crippen LogP contribution in [0.5, 0.6) is 0 Å². The molecule has 0 saturated carbocycles. The summed E-state index contributed by atoms with van der Waals surface area (Å²) in [7, 11) is 0. The molecule has 18 heavy (non-hydrogen) atoms. The first kappa shape index (κ1) is 13.1. The van der Waals surface area contributed by atoms with E-state index < -0.39 is 5.60 Å². The molecule has 0 N–H and O–H groups in total. The van der Waals surface area contributed by atoms with Crippen LogP contribution in [0.4, 0.5) is 4.79 Å². The van der Waals surface area contributed by atoms with Gasteiger partial charge in [0.15, 0.2) is 5.78 Å². The van der Waals surface area contributed by atoms with E-state index in [4.69, 9.17) is 4.74 Å². The number of carbonyl (C=O) groups excluding carboxylic acids is 2. The number of piperidine rings is 1. The van der Waals surface area contributed by atoms with Crippen molar-refractivity contribution < 1.29 is 14.3 Å². The summed E-state index contributed by atoms with van der Waals surface area (Å²) in [6.07, 6.45) is 3.81. The summed E-state index contributed by atoms with van der Waals surface area (Å²) in [5.41, 5.74) is 0.765. The maximum atomic E-state index is 12.0. The van der Waals surface area contributed by atoms with Crippen LogP contribution in [0, 0.1) is 5.92 Å². The maximum Gasteiger partial charge on any atom is 0.410 e. The van der Waals surface area contributed by atoms with E-state index in [0.717, 1.165) is 12.8 Å². The molecule has 4 heteroatoms. The van der Waals surface area contributed by atoms with Gasteiger partial charge in [-0.05, 0) is 45.6 Å². The van der Waals surface area contributed by atoms with Crippen molar-refractivity contribution in [3.63, 3.8) is 0 Å². The molecule has 0 radical (unpaired) electrons. The highest BCUT2D eigenvalue weighted by atomic mass is 16.6. The normalized spacial score (nSPS) is 24.4. The minimum atomic E-state index is -0.449.